The first kappa shape index (κ1) is 50.6. The van der Waals surface area contributed by atoms with Gasteiger partial charge in [0.1, 0.15) is 30.5 Å². The van der Waals surface area contributed by atoms with Gasteiger partial charge in [-0.2, -0.15) is 0 Å². The molecule has 56 heavy (non-hydrogen) atoms. The summed E-state index contributed by atoms with van der Waals surface area (Å²) in [4.78, 5) is 21.8. The third-order valence-electron chi connectivity index (χ3n) is 12.3. The van der Waals surface area contributed by atoms with Gasteiger partial charge >= 0.3 is 5.97 Å². The van der Waals surface area contributed by atoms with Crippen LogP contribution in [0.1, 0.15) is 116 Å². The van der Waals surface area contributed by atoms with Crippen LogP contribution in [0.2, 0.25) is 0 Å². The van der Waals surface area contributed by atoms with E-state index in [1.165, 1.54) is 14.0 Å². The summed E-state index contributed by atoms with van der Waals surface area (Å²) in [5.41, 5.74) is -4.28. The number of ether oxygens (including phenoxy) is 6. The first-order chi connectivity index (χ1) is 25.5. The van der Waals surface area contributed by atoms with Gasteiger partial charge in [0.2, 0.25) is 0 Å². The Morgan fingerprint density at radius 2 is 1.54 bits per heavy atom. The van der Waals surface area contributed by atoms with Crippen LogP contribution in [0.3, 0.4) is 0 Å². The van der Waals surface area contributed by atoms with Crippen molar-refractivity contribution in [2.24, 2.45) is 28.8 Å². The molecule has 0 bridgehead atoms. The number of hydrogen-bond acceptors (Lipinski definition) is 15. The molecule has 3 fully saturated rings. The van der Waals surface area contributed by atoms with Gasteiger partial charge in [0.25, 0.3) is 0 Å². The number of nitrogens with zero attached hydrogens (tertiary/aromatic N) is 2. The fraction of sp³-hybridized carbons (Fsp3) is 0.951. The average Bonchev–Trinajstić information content (AvgIpc) is 3.11. The van der Waals surface area contributed by atoms with E-state index in [1.54, 1.807) is 48.5 Å². The lowest BCUT2D eigenvalue weighted by Crippen LogP contribution is -2.61. The van der Waals surface area contributed by atoms with Crippen molar-refractivity contribution in [3.05, 3.63) is 0 Å². The summed E-state index contributed by atoms with van der Waals surface area (Å²) in [5.74, 6) is -3.90. The molecular weight excluding hydrogens is 728 g/mol. The molecule has 8 unspecified atom stereocenters. The molecule has 3 rings (SSSR count). The highest BCUT2D eigenvalue weighted by Crippen LogP contribution is 2.41. The van der Waals surface area contributed by atoms with E-state index < -0.39 is 102 Å². The number of esters is 1. The Kier molecular flexibility index (Phi) is 18.7. The van der Waals surface area contributed by atoms with E-state index in [-0.39, 0.29) is 38.8 Å². The third-order valence-corrected chi connectivity index (χ3v) is 12.3. The Bertz CT molecular complexity index is 1250. The van der Waals surface area contributed by atoms with Crippen LogP contribution in [0.4, 0.5) is 0 Å². The number of hydrogen-bond donors (Lipinski definition) is 5. The van der Waals surface area contributed by atoms with Gasteiger partial charge in [0.05, 0.1) is 53.4 Å². The van der Waals surface area contributed by atoms with Crippen molar-refractivity contribution in [2.75, 3.05) is 27.8 Å². The fourth-order valence-electron chi connectivity index (χ4n) is 8.81. The van der Waals surface area contributed by atoms with Gasteiger partial charge < -0.3 is 63.7 Å². The van der Waals surface area contributed by atoms with Crippen molar-refractivity contribution in [1.82, 2.24) is 4.90 Å². The summed E-state index contributed by atoms with van der Waals surface area (Å²) >= 11 is 0. The van der Waals surface area contributed by atoms with Crippen LogP contribution >= 0.6 is 0 Å². The number of likely N-dealkylation sites (N-methyl/N-ethyl adjacent to an activating group) is 1. The number of carbonyl (C=O) groups is 1. The van der Waals surface area contributed by atoms with Crippen molar-refractivity contribution < 1.29 is 63.6 Å². The molecular formula is C41H78N2O13. The number of aliphatic hydroxyl groups is 5. The van der Waals surface area contributed by atoms with Crippen LogP contribution in [-0.4, -0.2) is 154 Å². The van der Waals surface area contributed by atoms with E-state index in [0.29, 0.717) is 25.2 Å². The summed E-state index contributed by atoms with van der Waals surface area (Å²) in [6.07, 6.45) is -8.40. The zero-order chi connectivity index (χ0) is 41.8. The topological polar surface area (TPSA) is 198 Å². The Labute approximate surface area is 336 Å². The molecule has 15 nitrogen and oxygen atoms in total. The van der Waals surface area contributed by atoms with Gasteiger partial charge in [-0.25, -0.2) is 0 Å². The number of carbonyl (C=O) groups excluding carboxylic acids is 1. The van der Waals surface area contributed by atoms with Gasteiger partial charge in [0, 0.05) is 37.3 Å². The lowest BCUT2D eigenvalue weighted by Gasteiger charge is -2.49. The molecule has 0 aromatic heterocycles. The van der Waals surface area contributed by atoms with Crippen LogP contribution in [0.5, 0.6) is 0 Å². The molecule has 3 saturated heterocycles. The van der Waals surface area contributed by atoms with E-state index in [9.17, 15) is 30.3 Å². The second kappa shape index (κ2) is 20.7. The van der Waals surface area contributed by atoms with Crippen LogP contribution in [0, 0.1) is 23.7 Å². The highest BCUT2D eigenvalue weighted by Gasteiger charge is 2.53. The number of rotatable bonds is 10. The standard InChI is InChI=1S/C40H74N2O13.CH4/c1-15-17-50-41-30-21(3)19-38(9,47)35(55-37-31(43)27(42(12)13)18-22(4)51-37)24(6)32(54-29-20-39(10,49-14)34(45)26(8)52-29)25(7)36(46)53-28(16-2)40(11,48)33(44)23(30)5;/h21-29,31-35,37,43-45,47-48H,15-20H2,1-14H3;1H4/t21-,22?,23+,24+,25-,26?,27?,28-,29?,31?,32+,33-,34?,35-,37?,38-,39?,40-;/m1./s1. The first-order valence-corrected chi connectivity index (χ1v) is 20.2. The summed E-state index contributed by atoms with van der Waals surface area (Å²) in [6.45, 7) is 19.4. The largest absolute Gasteiger partial charge is 0.459 e. The van der Waals surface area contributed by atoms with Gasteiger partial charge in [-0.3, -0.25) is 4.79 Å². The predicted octanol–water partition coefficient (Wildman–Crippen LogP) is 3.64. The SMILES string of the molecule is C.CCCON=C1[C@H](C)C[C@@](C)(O)[C@H](OC2OC(C)CC(N(C)C)C2O)[C@@H](C)[C@H](OC2CC(C)(OC)C(O)C(C)O2)[C@@H](C)C(=O)O[C@H](CC)[C@@](C)(O)[C@H](O)[C@H]1C. The van der Waals surface area contributed by atoms with Crippen molar-refractivity contribution in [3.8, 4) is 0 Å². The molecule has 3 aliphatic heterocycles. The first-order valence-electron chi connectivity index (χ1n) is 20.2. The van der Waals surface area contributed by atoms with Crippen LogP contribution in [0.15, 0.2) is 5.16 Å². The Balaban J connectivity index is 0.0000108. The number of aliphatic hydroxyl groups excluding tert-OH is 3. The number of cyclic esters (lactones) is 1. The summed E-state index contributed by atoms with van der Waals surface area (Å²) in [5, 5.41) is 63.4. The summed E-state index contributed by atoms with van der Waals surface area (Å²) in [6, 6.07) is -0.307. The maximum absolute atomic E-state index is 14.3. The lowest BCUT2D eigenvalue weighted by atomic mass is 9.73. The van der Waals surface area contributed by atoms with Crippen molar-refractivity contribution in [1.29, 1.82) is 0 Å². The molecule has 0 spiro atoms. The molecule has 330 valence electrons. The quantitative estimate of drug-likeness (QED) is 0.122. The predicted molar refractivity (Wildman–Crippen MR) is 212 cm³/mol. The minimum Gasteiger partial charge on any atom is -0.459 e. The lowest BCUT2D eigenvalue weighted by molar-refractivity contribution is -0.317. The van der Waals surface area contributed by atoms with Gasteiger partial charge in [-0.15, -0.1) is 0 Å². The maximum Gasteiger partial charge on any atom is 0.311 e. The maximum atomic E-state index is 14.3. The van der Waals surface area contributed by atoms with E-state index in [2.05, 4.69) is 5.16 Å². The molecule has 3 heterocycles. The van der Waals surface area contributed by atoms with E-state index in [4.69, 9.17) is 33.3 Å². The molecule has 18 atom stereocenters. The second-order valence-corrected chi connectivity index (χ2v) is 17.4. The summed E-state index contributed by atoms with van der Waals surface area (Å²) < 4.78 is 37.6. The fourth-order valence-corrected chi connectivity index (χ4v) is 8.81. The number of methoxy groups -OCH3 is 1. The van der Waals surface area contributed by atoms with Crippen molar-refractivity contribution >= 4 is 11.7 Å². The van der Waals surface area contributed by atoms with Crippen LogP contribution in [0.25, 0.3) is 0 Å². The Morgan fingerprint density at radius 3 is 2.09 bits per heavy atom. The third kappa shape index (κ3) is 11.4. The highest BCUT2D eigenvalue weighted by molar-refractivity contribution is 5.88. The molecule has 0 radical (unpaired) electrons. The minimum absolute atomic E-state index is 0. The van der Waals surface area contributed by atoms with Gasteiger partial charge in [0.15, 0.2) is 12.6 Å². The van der Waals surface area contributed by atoms with E-state index >= 15 is 0 Å². The zero-order valence-corrected chi connectivity index (χ0v) is 35.8. The minimum atomic E-state index is -1.92. The molecule has 0 aromatic rings. The molecule has 0 amide bonds. The molecule has 5 N–H and O–H groups in total. The average molecular weight is 807 g/mol. The van der Waals surface area contributed by atoms with Crippen LogP contribution in [-0.2, 0) is 38.1 Å². The zero-order valence-electron chi connectivity index (χ0n) is 35.8. The second-order valence-electron chi connectivity index (χ2n) is 17.4. The van der Waals surface area contributed by atoms with Crippen LogP contribution < -0.4 is 0 Å². The van der Waals surface area contributed by atoms with E-state index in [1.807, 2.05) is 39.8 Å². The van der Waals surface area contributed by atoms with Gasteiger partial charge in [-0.1, -0.05) is 47.2 Å². The monoisotopic (exact) mass is 807 g/mol. The molecule has 15 heteroatoms. The molecule has 0 aromatic carbocycles. The molecule has 0 saturated carbocycles. The van der Waals surface area contributed by atoms with Gasteiger partial charge in [-0.05, 0) is 81.3 Å². The molecule has 3 aliphatic rings. The molecule has 0 aliphatic carbocycles. The van der Waals surface area contributed by atoms with Crippen molar-refractivity contribution in [3.63, 3.8) is 0 Å². The van der Waals surface area contributed by atoms with Crippen molar-refractivity contribution in [2.45, 2.75) is 200 Å². The number of oxime groups is 1. The highest BCUT2D eigenvalue weighted by atomic mass is 16.7. The Morgan fingerprint density at radius 1 is 0.911 bits per heavy atom. The summed E-state index contributed by atoms with van der Waals surface area (Å²) in [7, 11) is 5.24. The normalized spacial score (nSPS) is 46.8. The Hall–Kier alpha value is -1.50. The smallest absolute Gasteiger partial charge is 0.311 e. The van der Waals surface area contributed by atoms with E-state index in [0.717, 1.165) is 0 Å².